The lowest BCUT2D eigenvalue weighted by molar-refractivity contribution is -0.122. The van der Waals surface area contributed by atoms with Crippen molar-refractivity contribution in [2.45, 2.75) is 212 Å². The molecule has 52 heavy (non-hydrogen) atoms. The largest absolute Gasteiger partial charge is 0.387 e. The van der Waals surface area contributed by atoms with E-state index < -0.39 is 28.0 Å². The Hall–Kier alpha value is -1.96. The van der Waals surface area contributed by atoms with Gasteiger partial charge < -0.3 is 10.4 Å². The first kappa shape index (κ1) is 50.0. The van der Waals surface area contributed by atoms with Gasteiger partial charge in [-0.1, -0.05) is 177 Å². The monoisotopic (exact) mass is 748 g/mol. The molecule has 0 saturated carbocycles. The Morgan fingerprint density at radius 1 is 0.519 bits per heavy atom. The summed E-state index contributed by atoms with van der Waals surface area (Å²) in [6.45, 7) is 4.50. The summed E-state index contributed by atoms with van der Waals surface area (Å²) in [6, 6.07) is -1.08. The van der Waals surface area contributed by atoms with Crippen LogP contribution < -0.4 is 5.32 Å². The molecule has 0 radical (unpaired) electrons. The van der Waals surface area contributed by atoms with Crippen molar-refractivity contribution >= 4 is 16.0 Å². The molecule has 0 aromatic heterocycles. The molecule has 0 heterocycles. The Bertz CT molecular complexity index is 1050. The predicted molar refractivity (Wildman–Crippen MR) is 225 cm³/mol. The van der Waals surface area contributed by atoms with Crippen molar-refractivity contribution in [2.24, 2.45) is 0 Å². The fraction of sp³-hybridized carbons (Fsp3) is 0.756. The molecule has 1 amide bonds. The maximum absolute atomic E-state index is 12.5. The SMILES string of the molecule is CCCCC/C=C\C/C=C\CCCCCCCCCCCC(=O)NC(CS(=O)(=O)O)C(O)/C=C/CC/C=C/CC/C=C/CCCCCCCCCC. The van der Waals surface area contributed by atoms with Crippen LogP contribution in [0.15, 0.2) is 60.8 Å². The van der Waals surface area contributed by atoms with Gasteiger partial charge in [0.1, 0.15) is 0 Å². The third-order valence-electron chi connectivity index (χ3n) is 9.39. The molecule has 2 unspecified atom stereocenters. The second-order valence-corrected chi connectivity index (χ2v) is 16.1. The zero-order valence-corrected chi connectivity index (χ0v) is 34.5. The maximum atomic E-state index is 12.5. The zero-order valence-electron chi connectivity index (χ0n) is 33.7. The van der Waals surface area contributed by atoms with E-state index in [4.69, 9.17) is 0 Å². The summed E-state index contributed by atoms with van der Waals surface area (Å²) in [5, 5.41) is 13.2. The molecule has 0 fully saturated rings. The highest BCUT2D eigenvalue weighted by Gasteiger charge is 2.24. The van der Waals surface area contributed by atoms with Crippen molar-refractivity contribution < 1.29 is 22.9 Å². The molecule has 302 valence electrons. The fourth-order valence-corrected chi connectivity index (χ4v) is 6.89. The highest BCUT2D eigenvalue weighted by Crippen LogP contribution is 2.13. The highest BCUT2D eigenvalue weighted by molar-refractivity contribution is 7.85. The quantitative estimate of drug-likeness (QED) is 0.0331. The molecule has 2 atom stereocenters. The van der Waals surface area contributed by atoms with Crippen LogP contribution in [0.25, 0.3) is 0 Å². The van der Waals surface area contributed by atoms with Crippen LogP contribution in [-0.2, 0) is 14.9 Å². The van der Waals surface area contributed by atoms with Crippen molar-refractivity contribution in [2.75, 3.05) is 5.75 Å². The Kier molecular flexibility index (Phi) is 37.3. The molecule has 0 rings (SSSR count). The van der Waals surface area contributed by atoms with Gasteiger partial charge in [-0.15, -0.1) is 0 Å². The number of carbonyl (C=O) groups excluding carboxylic acids is 1. The molecule has 0 saturated heterocycles. The van der Waals surface area contributed by atoms with Crippen LogP contribution in [0.4, 0.5) is 0 Å². The van der Waals surface area contributed by atoms with Crippen molar-refractivity contribution in [3.63, 3.8) is 0 Å². The second kappa shape index (κ2) is 38.8. The van der Waals surface area contributed by atoms with E-state index in [1.807, 2.05) is 0 Å². The van der Waals surface area contributed by atoms with Gasteiger partial charge in [-0.25, -0.2) is 0 Å². The van der Waals surface area contributed by atoms with Gasteiger partial charge in [0.2, 0.25) is 5.91 Å². The van der Waals surface area contributed by atoms with Gasteiger partial charge in [0.05, 0.1) is 17.9 Å². The van der Waals surface area contributed by atoms with Gasteiger partial charge in [-0.3, -0.25) is 9.35 Å². The first-order chi connectivity index (χ1) is 25.3. The van der Waals surface area contributed by atoms with Crippen molar-refractivity contribution in [1.29, 1.82) is 0 Å². The fourth-order valence-electron chi connectivity index (χ4n) is 6.16. The first-order valence-corrected chi connectivity index (χ1v) is 23.1. The Balaban J connectivity index is 3.99. The van der Waals surface area contributed by atoms with Crippen LogP contribution in [0.2, 0.25) is 0 Å². The number of carbonyl (C=O) groups is 1. The van der Waals surface area contributed by atoms with Gasteiger partial charge in [-0.05, 0) is 77.0 Å². The van der Waals surface area contributed by atoms with E-state index in [0.717, 1.165) is 51.4 Å². The summed E-state index contributed by atoms with van der Waals surface area (Å²) in [5.41, 5.74) is 0. The smallest absolute Gasteiger partial charge is 0.267 e. The minimum absolute atomic E-state index is 0.278. The summed E-state index contributed by atoms with van der Waals surface area (Å²) >= 11 is 0. The molecule has 7 heteroatoms. The molecule has 3 N–H and O–H groups in total. The van der Waals surface area contributed by atoms with E-state index in [1.165, 1.54) is 128 Å². The third-order valence-corrected chi connectivity index (χ3v) is 10.2. The number of aliphatic hydroxyl groups excluding tert-OH is 1. The van der Waals surface area contributed by atoms with E-state index in [1.54, 1.807) is 6.08 Å². The van der Waals surface area contributed by atoms with Crippen LogP contribution in [0.5, 0.6) is 0 Å². The molecule has 0 aliphatic rings. The number of allylic oxidation sites excluding steroid dienone is 9. The standard InChI is InChI=1S/C45H81NO5S/c1-3-5-7-9-11-13-15-17-19-21-23-25-27-29-31-33-35-37-39-41-45(48)46-43(42-52(49,50)51)44(47)40-38-36-34-32-30-28-26-24-22-20-18-16-14-12-10-8-6-4-2/h11,13,17,19,22,24,30,32,38,40,43-44,47H,3-10,12,14-16,18,20-21,23,25-29,31,33-37,39,41-42H2,1-2H3,(H,46,48)(H,49,50,51)/b13-11-,19-17-,24-22+,32-30+,40-38+. The summed E-state index contributed by atoms with van der Waals surface area (Å²) in [6.07, 6.45) is 53.5. The number of hydrogen-bond acceptors (Lipinski definition) is 4. The van der Waals surface area contributed by atoms with Crippen LogP contribution in [0.3, 0.4) is 0 Å². The summed E-state index contributed by atoms with van der Waals surface area (Å²) in [7, 11) is -4.36. The van der Waals surface area contributed by atoms with Crippen molar-refractivity contribution in [1.82, 2.24) is 5.32 Å². The number of rotatable bonds is 38. The molecule has 0 aliphatic heterocycles. The topological polar surface area (TPSA) is 104 Å². The number of nitrogens with one attached hydrogen (secondary N) is 1. The Morgan fingerprint density at radius 3 is 1.37 bits per heavy atom. The minimum Gasteiger partial charge on any atom is -0.387 e. The van der Waals surface area contributed by atoms with Gasteiger partial charge >= 0.3 is 0 Å². The van der Waals surface area contributed by atoms with Crippen LogP contribution >= 0.6 is 0 Å². The Labute approximate surface area is 321 Å². The average molecular weight is 748 g/mol. The normalized spacial score (nSPS) is 13.8. The highest BCUT2D eigenvalue weighted by atomic mass is 32.2. The summed E-state index contributed by atoms with van der Waals surface area (Å²) in [5.74, 6) is -1.02. The van der Waals surface area contributed by atoms with Crippen molar-refractivity contribution in [3.8, 4) is 0 Å². The van der Waals surface area contributed by atoms with E-state index in [9.17, 15) is 22.9 Å². The molecular formula is C45H81NO5S. The number of amides is 1. The third kappa shape index (κ3) is 39.3. The molecule has 0 aromatic rings. The lowest BCUT2D eigenvalue weighted by Gasteiger charge is -2.21. The van der Waals surface area contributed by atoms with E-state index in [-0.39, 0.29) is 12.3 Å². The van der Waals surface area contributed by atoms with E-state index >= 15 is 0 Å². The predicted octanol–water partition coefficient (Wildman–Crippen LogP) is 12.9. The molecule has 0 spiro atoms. The maximum Gasteiger partial charge on any atom is 0.267 e. The minimum atomic E-state index is -4.36. The average Bonchev–Trinajstić information content (AvgIpc) is 3.11. The van der Waals surface area contributed by atoms with Gasteiger partial charge in [-0.2, -0.15) is 8.42 Å². The van der Waals surface area contributed by atoms with Crippen LogP contribution in [-0.4, -0.2) is 41.9 Å². The van der Waals surface area contributed by atoms with Gasteiger partial charge in [0, 0.05) is 6.42 Å². The number of hydrogen-bond donors (Lipinski definition) is 3. The summed E-state index contributed by atoms with van der Waals surface area (Å²) < 4.78 is 32.5. The second-order valence-electron chi connectivity index (χ2n) is 14.6. The summed E-state index contributed by atoms with van der Waals surface area (Å²) in [4.78, 5) is 12.5. The molecular weight excluding hydrogens is 667 g/mol. The molecule has 0 aliphatic carbocycles. The Morgan fingerprint density at radius 2 is 0.885 bits per heavy atom. The van der Waals surface area contributed by atoms with E-state index in [0.29, 0.717) is 6.42 Å². The van der Waals surface area contributed by atoms with Crippen LogP contribution in [0, 0.1) is 0 Å². The van der Waals surface area contributed by atoms with Gasteiger partial charge in [0.15, 0.2) is 0 Å². The van der Waals surface area contributed by atoms with Gasteiger partial charge in [0.25, 0.3) is 10.1 Å². The van der Waals surface area contributed by atoms with E-state index in [2.05, 4.69) is 67.8 Å². The zero-order chi connectivity index (χ0) is 38.2. The molecule has 0 bridgehead atoms. The van der Waals surface area contributed by atoms with Crippen LogP contribution in [0.1, 0.15) is 200 Å². The lowest BCUT2D eigenvalue weighted by atomic mass is 10.1. The van der Waals surface area contributed by atoms with Crippen molar-refractivity contribution in [3.05, 3.63) is 60.8 Å². The molecule has 6 nitrogen and oxygen atoms in total. The lowest BCUT2D eigenvalue weighted by Crippen LogP contribution is -2.46. The number of unbranched alkanes of at least 4 members (excludes halogenated alkanes) is 22. The molecule has 0 aromatic carbocycles. The number of aliphatic hydroxyl groups is 1. The first-order valence-electron chi connectivity index (χ1n) is 21.5.